The minimum Gasteiger partial charge on any atom is -0.396 e. The summed E-state index contributed by atoms with van der Waals surface area (Å²) in [5.41, 5.74) is 0.932. The van der Waals surface area contributed by atoms with E-state index in [9.17, 15) is 4.79 Å². The van der Waals surface area contributed by atoms with Crippen LogP contribution in [0, 0.1) is 5.41 Å². The van der Waals surface area contributed by atoms with E-state index in [4.69, 9.17) is 5.11 Å². The van der Waals surface area contributed by atoms with Crippen molar-refractivity contribution in [2.75, 3.05) is 23.8 Å². The maximum Gasteiger partial charge on any atom is 0.276 e. The van der Waals surface area contributed by atoms with Gasteiger partial charge in [-0.1, -0.05) is 32.0 Å². The average Bonchev–Trinajstić information content (AvgIpc) is 2.54. The van der Waals surface area contributed by atoms with E-state index in [1.165, 1.54) is 0 Å². The molecule has 0 fully saturated rings. The summed E-state index contributed by atoms with van der Waals surface area (Å²) in [6.07, 6.45) is 0.699. The highest BCUT2D eigenvalue weighted by Crippen LogP contribution is 2.20. The van der Waals surface area contributed by atoms with Crippen molar-refractivity contribution in [2.45, 2.75) is 20.3 Å². The number of benzene rings is 1. The van der Waals surface area contributed by atoms with Gasteiger partial charge in [0.1, 0.15) is 5.82 Å². The van der Waals surface area contributed by atoms with Crippen molar-refractivity contribution in [1.29, 1.82) is 0 Å². The highest BCUT2D eigenvalue weighted by Gasteiger charge is 2.17. The number of aliphatic hydroxyl groups excluding tert-OH is 1. The zero-order valence-corrected chi connectivity index (χ0v) is 13.4. The Morgan fingerprint density at radius 2 is 1.87 bits per heavy atom. The van der Waals surface area contributed by atoms with Crippen LogP contribution < -0.4 is 10.6 Å². The third-order valence-corrected chi connectivity index (χ3v) is 3.47. The normalized spacial score (nSPS) is 11.1. The van der Waals surface area contributed by atoms with E-state index in [0.717, 1.165) is 0 Å². The molecule has 0 aliphatic heterocycles. The summed E-state index contributed by atoms with van der Waals surface area (Å²) >= 11 is 0. The number of aromatic nitrogens is 2. The smallest absolute Gasteiger partial charge is 0.276 e. The maximum atomic E-state index is 12.1. The van der Waals surface area contributed by atoms with Gasteiger partial charge in [0.05, 0.1) is 0 Å². The molecule has 0 aliphatic carbocycles. The minimum absolute atomic E-state index is 0.0419. The van der Waals surface area contributed by atoms with E-state index >= 15 is 0 Å². The van der Waals surface area contributed by atoms with Crippen molar-refractivity contribution in [3.8, 4) is 0 Å². The molecule has 0 bridgehead atoms. The Morgan fingerprint density at radius 1 is 1.13 bits per heavy atom. The Kier molecular flexibility index (Phi) is 5.65. The van der Waals surface area contributed by atoms with E-state index in [1.54, 1.807) is 12.1 Å². The first-order valence-electron chi connectivity index (χ1n) is 7.55. The molecule has 1 amide bonds. The summed E-state index contributed by atoms with van der Waals surface area (Å²) in [4.78, 5) is 12.1. The number of rotatable bonds is 7. The molecule has 0 spiro atoms. The van der Waals surface area contributed by atoms with Gasteiger partial charge in [0.2, 0.25) is 0 Å². The summed E-state index contributed by atoms with van der Waals surface area (Å²) < 4.78 is 0. The highest BCUT2D eigenvalue weighted by atomic mass is 16.3. The molecule has 0 aliphatic rings. The van der Waals surface area contributed by atoms with E-state index in [-0.39, 0.29) is 23.6 Å². The number of para-hydroxylation sites is 1. The molecular weight excluding hydrogens is 292 g/mol. The first-order chi connectivity index (χ1) is 11.0. The van der Waals surface area contributed by atoms with Gasteiger partial charge in [-0.2, -0.15) is 0 Å². The minimum atomic E-state index is -0.295. The van der Waals surface area contributed by atoms with Crippen molar-refractivity contribution >= 4 is 17.4 Å². The maximum absolute atomic E-state index is 12.1. The lowest BCUT2D eigenvalue weighted by molar-refractivity contribution is 0.102. The van der Waals surface area contributed by atoms with Gasteiger partial charge in [0.25, 0.3) is 5.91 Å². The standard InChI is InChI=1S/C17H22N4O2/c1-17(2,10-11-22)12-18-15-9-8-14(20-21-15)16(23)19-13-6-4-3-5-7-13/h3-9,22H,10-12H2,1-2H3,(H,18,21)(H,19,23). The van der Waals surface area contributed by atoms with Crippen LogP contribution in [0.5, 0.6) is 0 Å². The second-order valence-corrected chi connectivity index (χ2v) is 6.12. The largest absolute Gasteiger partial charge is 0.396 e. The van der Waals surface area contributed by atoms with Crippen LogP contribution in [0.2, 0.25) is 0 Å². The summed E-state index contributed by atoms with van der Waals surface area (Å²) in [5, 5.41) is 22.9. The number of nitrogens with one attached hydrogen (secondary N) is 2. The summed E-state index contributed by atoms with van der Waals surface area (Å²) in [6, 6.07) is 12.6. The van der Waals surface area contributed by atoms with Crippen molar-refractivity contribution in [2.24, 2.45) is 5.41 Å². The third kappa shape index (κ3) is 5.34. The van der Waals surface area contributed by atoms with E-state index in [1.807, 2.05) is 30.3 Å². The van der Waals surface area contributed by atoms with Gasteiger partial charge < -0.3 is 15.7 Å². The fourth-order valence-electron chi connectivity index (χ4n) is 1.99. The Hall–Kier alpha value is -2.47. The molecule has 0 radical (unpaired) electrons. The Bertz CT molecular complexity index is 627. The lowest BCUT2D eigenvalue weighted by Gasteiger charge is -2.23. The van der Waals surface area contributed by atoms with Gasteiger partial charge in [0.15, 0.2) is 5.69 Å². The number of anilines is 2. The first kappa shape index (κ1) is 16.9. The predicted molar refractivity (Wildman–Crippen MR) is 90.4 cm³/mol. The SMILES string of the molecule is CC(C)(CCO)CNc1ccc(C(=O)Nc2ccccc2)nn1. The molecule has 0 saturated carbocycles. The summed E-state index contributed by atoms with van der Waals surface area (Å²) in [5.74, 6) is 0.308. The monoisotopic (exact) mass is 314 g/mol. The molecule has 2 aromatic rings. The zero-order chi connectivity index (χ0) is 16.7. The molecule has 2 rings (SSSR count). The molecule has 1 aromatic carbocycles. The second-order valence-electron chi connectivity index (χ2n) is 6.12. The molecule has 122 valence electrons. The van der Waals surface area contributed by atoms with E-state index in [0.29, 0.717) is 24.5 Å². The van der Waals surface area contributed by atoms with Crippen molar-refractivity contribution < 1.29 is 9.90 Å². The van der Waals surface area contributed by atoms with Gasteiger partial charge in [-0.15, -0.1) is 10.2 Å². The second kappa shape index (κ2) is 7.69. The fourth-order valence-corrected chi connectivity index (χ4v) is 1.99. The number of aliphatic hydroxyl groups is 1. The number of amides is 1. The van der Waals surface area contributed by atoms with Crippen LogP contribution in [-0.4, -0.2) is 34.4 Å². The van der Waals surface area contributed by atoms with Crippen molar-refractivity contribution in [3.63, 3.8) is 0 Å². The Labute approximate surface area is 136 Å². The number of hydrogen-bond donors (Lipinski definition) is 3. The molecule has 0 atom stereocenters. The van der Waals surface area contributed by atoms with Gasteiger partial charge in [-0.05, 0) is 36.1 Å². The molecular formula is C17H22N4O2. The zero-order valence-electron chi connectivity index (χ0n) is 13.4. The number of hydrogen-bond acceptors (Lipinski definition) is 5. The quantitative estimate of drug-likeness (QED) is 0.731. The molecule has 1 heterocycles. The van der Waals surface area contributed by atoms with E-state index in [2.05, 4.69) is 34.7 Å². The Balaban J connectivity index is 1.92. The molecule has 23 heavy (non-hydrogen) atoms. The molecule has 1 aromatic heterocycles. The van der Waals surface area contributed by atoms with Crippen LogP contribution in [0.15, 0.2) is 42.5 Å². The number of carbonyl (C=O) groups is 1. The molecule has 3 N–H and O–H groups in total. The first-order valence-corrected chi connectivity index (χ1v) is 7.55. The molecule has 6 nitrogen and oxygen atoms in total. The van der Waals surface area contributed by atoms with Gasteiger partial charge in [-0.25, -0.2) is 0 Å². The van der Waals surface area contributed by atoms with Crippen molar-refractivity contribution in [1.82, 2.24) is 10.2 Å². The third-order valence-electron chi connectivity index (χ3n) is 3.47. The van der Waals surface area contributed by atoms with Crippen LogP contribution in [0.1, 0.15) is 30.8 Å². The lowest BCUT2D eigenvalue weighted by Crippen LogP contribution is -2.25. The van der Waals surface area contributed by atoms with Crippen LogP contribution >= 0.6 is 0 Å². The van der Waals surface area contributed by atoms with Crippen molar-refractivity contribution in [3.05, 3.63) is 48.2 Å². The van der Waals surface area contributed by atoms with Crippen LogP contribution in [0.4, 0.5) is 11.5 Å². The van der Waals surface area contributed by atoms with E-state index < -0.39 is 0 Å². The van der Waals surface area contributed by atoms with Crippen LogP contribution in [0.3, 0.4) is 0 Å². The summed E-state index contributed by atoms with van der Waals surface area (Å²) in [7, 11) is 0. The van der Waals surface area contributed by atoms with Crippen LogP contribution in [-0.2, 0) is 0 Å². The van der Waals surface area contributed by atoms with Gasteiger partial charge in [0, 0.05) is 18.8 Å². The van der Waals surface area contributed by atoms with Gasteiger partial charge >= 0.3 is 0 Å². The lowest BCUT2D eigenvalue weighted by atomic mass is 9.90. The molecule has 6 heteroatoms. The Morgan fingerprint density at radius 3 is 2.48 bits per heavy atom. The highest BCUT2D eigenvalue weighted by molar-refractivity contribution is 6.02. The molecule has 0 unspecified atom stereocenters. The molecule has 0 saturated heterocycles. The van der Waals surface area contributed by atoms with Gasteiger partial charge in [-0.3, -0.25) is 4.79 Å². The predicted octanol–water partition coefficient (Wildman–Crippen LogP) is 2.55. The number of carbonyl (C=O) groups excluding carboxylic acids is 1. The topological polar surface area (TPSA) is 87.1 Å². The van der Waals surface area contributed by atoms with Crippen LogP contribution in [0.25, 0.3) is 0 Å². The average molecular weight is 314 g/mol. The number of nitrogens with zero attached hydrogens (tertiary/aromatic N) is 2. The summed E-state index contributed by atoms with van der Waals surface area (Å²) in [6.45, 7) is 4.94. The fraction of sp³-hybridized carbons (Fsp3) is 0.353.